The fourth-order valence-electron chi connectivity index (χ4n) is 4.39. The van der Waals surface area contributed by atoms with Crippen molar-refractivity contribution in [3.63, 3.8) is 0 Å². The van der Waals surface area contributed by atoms with E-state index in [-0.39, 0.29) is 12.3 Å². The summed E-state index contributed by atoms with van der Waals surface area (Å²) < 4.78 is 6.90. The molecule has 1 aliphatic carbocycles. The highest BCUT2D eigenvalue weighted by molar-refractivity contribution is 6.35. The van der Waals surface area contributed by atoms with Crippen molar-refractivity contribution in [2.45, 2.75) is 45.1 Å². The summed E-state index contributed by atoms with van der Waals surface area (Å²) in [5.41, 5.74) is 1.86. The SMILES string of the molecule is CCOC(=O)C1(NC(=O)c2nn(-c3ccc(Cl)cc3Cl)c(-c3ccc(Cl)cc3)c2C)CCCC1. The lowest BCUT2D eigenvalue weighted by Crippen LogP contribution is -2.53. The molecular weight excluding hydrogens is 497 g/mol. The third-order valence-corrected chi connectivity index (χ3v) is 6.86. The predicted molar refractivity (Wildman–Crippen MR) is 134 cm³/mol. The molecule has 3 aromatic rings. The molecule has 1 N–H and O–H groups in total. The number of halogens is 3. The number of esters is 1. The Kier molecular flexibility index (Phi) is 7.22. The lowest BCUT2D eigenvalue weighted by Gasteiger charge is -2.27. The Labute approximate surface area is 213 Å². The lowest BCUT2D eigenvalue weighted by molar-refractivity contribution is -0.150. The van der Waals surface area contributed by atoms with Gasteiger partial charge in [-0.3, -0.25) is 4.79 Å². The maximum Gasteiger partial charge on any atom is 0.331 e. The number of carbonyl (C=O) groups excluding carboxylic acids is 2. The fourth-order valence-corrected chi connectivity index (χ4v) is 5.00. The van der Waals surface area contributed by atoms with Crippen LogP contribution in [0.25, 0.3) is 16.9 Å². The number of amides is 1. The van der Waals surface area contributed by atoms with Crippen molar-refractivity contribution in [2.75, 3.05) is 6.61 Å². The number of aromatic nitrogens is 2. The molecule has 2 aromatic carbocycles. The molecule has 0 bridgehead atoms. The van der Waals surface area contributed by atoms with Crippen LogP contribution in [0.2, 0.25) is 15.1 Å². The molecule has 1 amide bonds. The van der Waals surface area contributed by atoms with E-state index in [0.29, 0.717) is 44.9 Å². The summed E-state index contributed by atoms with van der Waals surface area (Å²) in [6.07, 6.45) is 2.74. The maximum atomic E-state index is 13.5. The van der Waals surface area contributed by atoms with Crippen molar-refractivity contribution in [3.05, 3.63) is 68.8 Å². The zero-order valence-corrected chi connectivity index (χ0v) is 21.1. The average molecular weight is 521 g/mol. The van der Waals surface area contributed by atoms with Gasteiger partial charge in [0.1, 0.15) is 5.54 Å². The normalized spacial score (nSPS) is 14.7. The molecule has 0 aliphatic heterocycles. The van der Waals surface area contributed by atoms with E-state index < -0.39 is 17.4 Å². The van der Waals surface area contributed by atoms with Crippen LogP contribution in [0.1, 0.15) is 48.7 Å². The van der Waals surface area contributed by atoms with Crippen molar-refractivity contribution in [1.29, 1.82) is 0 Å². The minimum absolute atomic E-state index is 0.201. The summed E-state index contributed by atoms with van der Waals surface area (Å²) in [6, 6.07) is 12.3. The van der Waals surface area contributed by atoms with Gasteiger partial charge in [-0.2, -0.15) is 5.10 Å². The van der Waals surface area contributed by atoms with Crippen LogP contribution in [0.3, 0.4) is 0 Å². The highest BCUT2D eigenvalue weighted by atomic mass is 35.5. The third kappa shape index (κ3) is 4.67. The van der Waals surface area contributed by atoms with Gasteiger partial charge in [-0.05, 0) is 57.0 Å². The van der Waals surface area contributed by atoms with Crippen molar-refractivity contribution >= 4 is 46.7 Å². The van der Waals surface area contributed by atoms with E-state index in [1.807, 2.05) is 19.1 Å². The van der Waals surface area contributed by atoms with E-state index in [1.54, 1.807) is 41.9 Å². The van der Waals surface area contributed by atoms with E-state index in [9.17, 15) is 9.59 Å². The highest BCUT2D eigenvalue weighted by Gasteiger charge is 2.44. The minimum atomic E-state index is -1.04. The Hall–Kier alpha value is -2.54. The van der Waals surface area contributed by atoms with Crippen LogP contribution in [0.5, 0.6) is 0 Å². The Balaban J connectivity index is 1.81. The molecule has 34 heavy (non-hydrogen) atoms. The van der Waals surface area contributed by atoms with Crippen molar-refractivity contribution < 1.29 is 14.3 Å². The van der Waals surface area contributed by atoms with E-state index in [0.717, 1.165) is 18.4 Å². The van der Waals surface area contributed by atoms with Gasteiger partial charge in [0, 0.05) is 21.2 Å². The van der Waals surface area contributed by atoms with E-state index in [1.165, 1.54) is 0 Å². The molecule has 1 heterocycles. The van der Waals surface area contributed by atoms with Crippen LogP contribution in [0.15, 0.2) is 42.5 Å². The first kappa shape index (κ1) is 24.6. The molecule has 4 rings (SSSR count). The summed E-state index contributed by atoms with van der Waals surface area (Å²) >= 11 is 18.7. The first-order chi connectivity index (χ1) is 16.3. The van der Waals surface area contributed by atoms with Gasteiger partial charge in [0.25, 0.3) is 5.91 Å². The first-order valence-corrected chi connectivity index (χ1v) is 12.2. The second-order valence-electron chi connectivity index (χ2n) is 8.30. The first-order valence-electron chi connectivity index (χ1n) is 11.1. The molecule has 178 valence electrons. The molecule has 1 saturated carbocycles. The number of nitrogens with one attached hydrogen (secondary N) is 1. The van der Waals surface area contributed by atoms with Crippen molar-refractivity contribution in [3.8, 4) is 16.9 Å². The Morgan fingerprint density at radius 2 is 1.71 bits per heavy atom. The zero-order chi connectivity index (χ0) is 24.5. The molecule has 0 radical (unpaired) electrons. The second-order valence-corrected chi connectivity index (χ2v) is 9.58. The number of hydrogen-bond donors (Lipinski definition) is 1. The van der Waals surface area contributed by atoms with Crippen LogP contribution in [0.4, 0.5) is 0 Å². The topological polar surface area (TPSA) is 73.2 Å². The Morgan fingerprint density at radius 3 is 2.32 bits per heavy atom. The van der Waals surface area contributed by atoms with E-state index in [4.69, 9.17) is 39.5 Å². The van der Waals surface area contributed by atoms with Crippen LogP contribution in [-0.4, -0.2) is 33.8 Å². The number of ether oxygens (including phenoxy) is 1. The van der Waals surface area contributed by atoms with Crippen LogP contribution in [-0.2, 0) is 9.53 Å². The monoisotopic (exact) mass is 519 g/mol. The summed E-state index contributed by atoms with van der Waals surface area (Å²) in [7, 11) is 0. The lowest BCUT2D eigenvalue weighted by atomic mass is 9.97. The predicted octanol–water partition coefficient (Wildman–Crippen LogP) is 6.41. The number of carbonyl (C=O) groups is 2. The molecule has 0 spiro atoms. The van der Waals surface area contributed by atoms with Gasteiger partial charge in [-0.25, -0.2) is 9.48 Å². The van der Waals surface area contributed by atoms with Gasteiger partial charge in [0.15, 0.2) is 5.69 Å². The quantitative estimate of drug-likeness (QED) is 0.381. The van der Waals surface area contributed by atoms with E-state index >= 15 is 0 Å². The summed E-state index contributed by atoms with van der Waals surface area (Å²) in [5.74, 6) is -0.844. The van der Waals surface area contributed by atoms with Gasteiger partial charge in [0.2, 0.25) is 0 Å². The van der Waals surface area contributed by atoms with Crippen molar-refractivity contribution in [2.24, 2.45) is 0 Å². The maximum absolute atomic E-state index is 13.5. The van der Waals surface area contributed by atoms with Crippen molar-refractivity contribution in [1.82, 2.24) is 15.1 Å². The summed E-state index contributed by atoms with van der Waals surface area (Å²) in [6.45, 7) is 3.82. The van der Waals surface area contributed by atoms with Gasteiger partial charge in [0.05, 0.1) is 23.0 Å². The summed E-state index contributed by atoms with van der Waals surface area (Å²) in [5, 5.41) is 9.05. The van der Waals surface area contributed by atoms with E-state index in [2.05, 4.69) is 10.4 Å². The van der Waals surface area contributed by atoms with Crippen LogP contribution in [0, 0.1) is 6.92 Å². The molecule has 0 atom stereocenters. The number of nitrogens with zero attached hydrogens (tertiary/aromatic N) is 2. The second kappa shape index (κ2) is 9.98. The highest BCUT2D eigenvalue weighted by Crippen LogP contribution is 2.35. The number of hydrogen-bond acceptors (Lipinski definition) is 4. The smallest absolute Gasteiger partial charge is 0.331 e. The zero-order valence-electron chi connectivity index (χ0n) is 18.8. The Morgan fingerprint density at radius 1 is 1.06 bits per heavy atom. The Bertz CT molecular complexity index is 1230. The van der Waals surface area contributed by atoms with Gasteiger partial charge in [-0.15, -0.1) is 0 Å². The molecule has 1 aromatic heterocycles. The molecule has 0 unspecified atom stereocenters. The molecular formula is C25H24Cl3N3O3. The largest absolute Gasteiger partial charge is 0.464 e. The van der Waals surface area contributed by atoms with Gasteiger partial charge in [-0.1, -0.05) is 59.8 Å². The number of benzene rings is 2. The molecule has 1 fully saturated rings. The number of rotatable bonds is 6. The molecule has 0 saturated heterocycles. The van der Waals surface area contributed by atoms with Crippen LogP contribution >= 0.6 is 34.8 Å². The van der Waals surface area contributed by atoms with Gasteiger partial charge < -0.3 is 10.1 Å². The standard InChI is InChI=1S/C25H24Cl3N3O3/c1-3-34-24(33)25(12-4-5-13-25)29-23(32)21-15(2)22(16-6-8-17(26)9-7-16)31(30-21)20-11-10-18(27)14-19(20)28/h6-11,14H,3-5,12-13H2,1-2H3,(H,29,32). The molecule has 6 nitrogen and oxygen atoms in total. The molecule has 1 aliphatic rings. The van der Waals surface area contributed by atoms with Gasteiger partial charge >= 0.3 is 5.97 Å². The minimum Gasteiger partial charge on any atom is -0.464 e. The summed E-state index contributed by atoms with van der Waals surface area (Å²) in [4.78, 5) is 26.2. The third-order valence-electron chi connectivity index (χ3n) is 6.07. The fraction of sp³-hybridized carbons (Fsp3) is 0.320. The average Bonchev–Trinajstić information content (AvgIpc) is 3.40. The van der Waals surface area contributed by atoms with Crippen LogP contribution < -0.4 is 5.32 Å². The molecule has 9 heteroatoms.